The monoisotopic (exact) mass is 288 g/mol. The Hall–Kier alpha value is -0.280. The fourth-order valence-corrected chi connectivity index (χ4v) is 3.31. The number of hydrogen-bond donors (Lipinski definition) is 1. The molecule has 2 aliphatic rings. The number of hydrogen-bond acceptors (Lipinski definition) is 2. The Morgan fingerprint density at radius 1 is 1.32 bits per heavy atom. The first-order valence-corrected chi connectivity index (χ1v) is 7.66. The van der Waals surface area contributed by atoms with Gasteiger partial charge < -0.3 is 10.2 Å². The van der Waals surface area contributed by atoms with E-state index < -0.39 is 0 Å². The van der Waals surface area contributed by atoms with Crippen LogP contribution in [0.15, 0.2) is 0 Å². The first-order valence-electron chi connectivity index (χ1n) is 7.66. The van der Waals surface area contributed by atoms with Crippen molar-refractivity contribution in [3.8, 4) is 0 Å². The summed E-state index contributed by atoms with van der Waals surface area (Å²) in [6, 6.07) is 0. The van der Waals surface area contributed by atoms with Gasteiger partial charge in [0.1, 0.15) is 0 Å². The van der Waals surface area contributed by atoms with Crippen LogP contribution in [0.25, 0.3) is 0 Å². The molecule has 2 fully saturated rings. The zero-order chi connectivity index (χ0) is 13.0. The van der Waals surface area contributed by atoms with E-state index >= 15 is 0 Å². The summed E-state index contributed by atoms with van der Waals surface area (Å²) in [6.45, 7) is 5.30. The SMILES string of the molecule is CCCC1(C(=O)N2CCC(CCNC)CC2)CC1.Cl. The summed E-state index contributed by atoms with van der Waals surface area (Å²) < 4.78 is 0. The fraction of sp³-hybridized carbons (Fsp3) is 0.933. The minimum Gasteiger partial charge on any atom is -0.342 e. The second-order valence-corrected chi connectivity index (χ2v) is 6.16. The highest BCUT2D eigenvalue weighted by Crippen LogP contribution is 2.51. The van der Waals surface area contributed by atoms with Gasteiger partial charge in [-0.05, 0) is 58.0 Å². The molecule has 0 spiro atoms. The Bertz CT molecular complexity index is 284. The van der Waals surface area contributed by atoms with Crippen molar-refractivity contribution in [2.24, 2.45) is 11.3 Å². The molecule has 1 aliphatic heterocycles. The normalized spacial score (nSPS) is 21.9. The predicted octanol–water partition coefficient (Wildman–Crippen LogP) is 2.84. The van der Waals surface area contributed by atoms with Crippen molar-refractivity contribution in [2.75, 3.05) is 26.7 Å². The van der Waals surface area contributed by atoms with Crippen molar-refractivity contribution in [1.29, 1.82) is 0 Å². The van der Waals surface area contributed by atoms with Crippen LogP contribution in [0.4, 0.5) is 0 Å². The Morgan fingerprint density at radius 3 is 2.42 bits per heavy atom. The molecule has 1 amide bonds. The maximum absolute atomic E-state index is 12.5. The highest BCUT2D eigenvalue weighted by Gasteiger charge is 2.50. The molecule has 4 heteroatoms. The zero-order valence-electron chi connectivity index (χ0n) is 12.4. The largest absolute Gasteiger partial charge is 0.342 e. The van der Waals surface area contributed by atoms with E-state index in [0.717, 1.165) is 51.2 Å². The average Bonchev–Trinajstić information content (AvgIpc) is 3.17. The van der Waals surface area contributed by atoms with Crippen molar-refractivity contribution in [2.45, 2.75) is 51.9 Å². The van der Waals surface area contributed by atoms with Gasteiger partial charge in [0.25, 0.3) is 0 Å². The smallest absolute Gasteiger partial charge is 0.228 e. The summed E-state index contributed by atoms with van der Waals surface area (Å²) in [6.07, 6.45) is 8.19. The summed E-state index contributed by atoms with van der Waals surface area (Å²) in [5, 5.41) is 3.22. The van der Waals surface area contributed by atoms with Crippen LogP contribution in [0.5, 0.6) is 0 Å². The van der Waals surface area contributed by atoms with E-state index in [2.05, 4.69) is 17.1 Å². The molecule has 1 heterocycles. The molecule has 0 bridgehead atoms. The molecular weight excluding hydrogens is 260 g/mol. The topological polar surface area (TPSA) is 32.3 Å². The lowest BCUT2D eigenvalue weighted by Gasteiger charge is -2.34. The molecular formula is C15H29ClN2O. The fourth-order valence-electron chi connectivity index (χ4n) is 3.31. The molecule has 1 N–H and O–H groups in total. The van der Waals surface area contributed by atoms with Crippen LogP contribution in [0.1, 0.15) is 51.9 Å². The number of nitrogens with one attached hydrogen (secondary N) is 1. The number of carbonyl (C=O) groups is 1. The molecule has 1 saturated carbocycles. The minimum absolute atomic E-state index is 0. The molecule has 2 rings (SSSR count). The van der Waals surface area contributed by atoms with E-state index in [4.69, 9.17) is 0 Å². The van der Waals surface area contributed by atoms with Crippen LogP contribution < -0.4 is 5.32 Å². The molecule has 0 aromatic carbocycles. The van der Waals surface area contributed by atoms with Crippen LogP contribution in [0, 0.1) is 11.3 Å². The number of piperidine rings is 1. The summed E-state index contributed by atoms with van der Waals surface area (Å²) in [7, 11) is 2.01. The van der Waals surface area contributed by atoms with Crippen LogP contribution in [0.3, 0.4) is 0 Å². The van der Waals surface area contributed by atoms with Gasteiger partial charge in [-0.25, -0.2) is 0 Å². The van der Waals surface area contributed by atoms with Gasteiger partial charge in [-0.15, -0.1) is 12.4 Å². The van der Waals surface area contributed by atoms with Crippen LogP contribution in [0.2, 0.25) is 0 Å². The van der Waals surface area contributed by atoms with Gasteiger partial charge in [0, 0.05) is 18.5 Å². The lowest BCUT2D eigenvalue weighted by molar-refractivity contribution is -0.138. The van der Waals surface area contributed by atoms with E-state index in [1.807, 2.05) is 7.05 Å². The van der Waals surface area contributed by atoms with E-state index in [1.165, 1.54) is 19.3 Å². The van der Waals surface area contributed by atoms with Crippen LogP contribution >= 0.6 is 12.4 Å². The number of amides is 1. The van der Waals surface area contributed by atoms with E-state index in [1.54, 1.807) is 0 Å². The molecule has 0 unspecified atom stereocenters. The summed E-state index contributed by atoms with van der Waals surface area (Å²) >= 11 is 0. The molecule has 0 radical (unpaired) electrons. The summed E-state index contributed by atoms with van der Waals surface area (Å²) in [5.74, 6) is 1.29. The summed E-state index contributed by atoms with van der Waals surface area (Å²) in [4.78, 5) is 14.7. The molecule has 1 aliphatic carbocycles. The van der Waals surface area contributed by atoms with Crippen molar-refractivity contribution < 1.29 is 4.79 Å². The minimum atomic E-state index is 0. The van der Waals surface area contributed by atoms with Gasteiger partial charge in [-0.1, -0.05) is 13.3 Å². The predicted molar refractivity (Wildman–Crippen MR) is 81.7 cm³/mol. The highest BCUT2D eigenvalue weighted by atomic mass is 35.5. The van der Waals surface area contributed by atoms with Gasteiger partial charge in [0.15, 0.2) is 0 Å². The molecule has 3 nitrogen and oxygen atoms in total. The molecule has 0 aromatic heterocycles. The Labute approximate surface area is 123 Å². The molecule has 0 aromatic rings. The lowest BCUT2D eigenvalue weighted by atomic mass is 9.91. The standard InChI is InChI=1S/C15H28N2O.ClH/c1-3-7-15(8-9-15)14(18)17-11-5-13(6-12-17)4-10-16-2;/h13,16H,3-12H2,1-2H3;1H. The maximum Gasteiger partial charge on any atom is 0.228 e. The van der Waals surface area contributed by atoms with Gasteiger partial charge in [-0.2, -0.15) is 0 Å². The van der Waals surface area contributed by atoms with Crippen LogP contribution in [-0.4, -0.2) is 37.5 Å². The lowest BCUT2D eigenvalue weighted by Crippen LogP contribution is -2.42. The third kappa shape index (κ3) is 4.09. The van der Waals surface area contributed by atoms with Crippen molar-refractivity contribution in [3.05, 3.63) is 0 Å². The molecule has 19 heavy (non-hydrogen) atoms. The second kappa shape index (κ2) is 7.49. The third-order valence-corrected chi connectivity index (χ3v) is 4.74. The van der Waals surface area contributed by atoms with E-state index in [0.29, 0.717) is 5.91 Å². The Kier molecular flexibility index (Phi) is 6.61. The van der Waals surface area contributed by atoms with Crippen molar-refractivity contribution >= 4 is 18.3 Å². The van der Waals surface area contributed by atoms with Crippen molar-refractivity contribution in [3.63, 3.8) is 0 Å². The van der Waals surface area contributed by atoms with E-state index in [9.17, 15) is 4.79 Å². The number of likely N-dealkylation sites (tertiary alicyclic amines) is 1. The number of nitrogens with zero attached hydrogens (tertiary/aromatic N) is 1. The van der Waals surface area contributed by atoms with Crippen molar-refractivity contribution in [1.82, 2.24) is 10.2 Å². The van der Waals surface area contributed by atoms with Gasteiger partial charge in [0.05, 0.1) is 0 Å². The van der Waals surface area contributed by atoms with Gasteiger partial charge >= 0.3 is 0 Å². The highest BCUT2D eigenvalue weighted by molar-refractivity contribution is 5.85. The average molecular weight is 289 g/mol. The molecule has 112 valence electrons. The van der Waals surface area contributed by atoms with E-state index in [-0.39, 0.29) is 17.8 Å². The second-order valence-electron chi connectivity index (χ2n) is 6.16. The number of carbonyl (C=O) groups excluding carboxylic acids is 1. The quantitative estimate of drug-likeness (QED) is 0.815. The summed E-state index contributed by atoms with van der Waals surface area (Å²) in [5.41, 5.74) is 0.0760. The first-order chi connectivity index (χ1) is 8.72. The molecule has 0 atom stereocenters. The first kappa shape index (κ1) is 16.8. The van der Waals surface area contributed by atoms with Gasteiger partial charge in [0.2, 0.25) is 5.91 Å². The van der Waals surface area contributed by atoms with Gasteiger partial charge in [-0.3, -0.25) is 4.79 Å². The van der Waals surface area contributed by atoms with Crippen LogP contribution in [-0.2, 0) is 4.79 Å². The third-order valence-electron chi connectivity index (χ3n) is 4.74. The Morgan fingerprint density at radius 2 is 1.95 bits per heavy atom. The number of rotatable bonds is 6. The molecule has 1 saturated heterocycles. The Balaban J connectivity index is 0.00000180. The number of halogens is 1. The maximum atomic E-state index is 12.5. The zero-order valence-corrected chi connectivity index (χ0v) is 13.2.